The Balaban J connectivity index is 1.55. The lowest BCUT2D eigenvalue weighted by Crippen LogP contribution is -2.46. The van der Waals surface area contributed by atoms with Gasteiger partial charge in [0.25, 0.3) is 0 Å². The van der Waals surface area contributed by atoms with Crippen molar-refractivity contribution in [3.63, 3.8) is 0 Å². The molecule has 19 heavy (non-hydrogen) atoms. The third-order valence-electron chi connectivity index (χ3n) is 3.41. The Labute approximate surface area is 112 Å². The smallest absolute Gasteiger partial charge is 0.322 e. The van der Waals surface area contributed by atoms with Crippen molar-refractivity contribution < 1.29 is 4.52 Å². The number of rotatable bonds is 3. The molecule has 2 heterocycles. The van der Waals surface area contributed by atoms with Crippen molar-refractivity contribution in [1.82, 2.24) is 15.0 Å². The summed E-state index contributed by atoms with van der Waals surface area (Å²) >= 11 is 0. The molecule has 0 spiro atoms. The minimum atomic E-state index is 0.650. The van der Waals surface area contributed by atoms with Crippen LogP contribution in [0.4, 0.5) is 6.01 Å². The van der Waals surface area contributed by atoms with E-state index in [-0.39, 0.29) is 0 Å². The fourth-order valence-electron chi connectivity index (χ4n) is 2.35. The zero-order valence-electron chi connectivity index (χ0n) is 11.1. The fourth-order valence-corrected chi connectivity index (χ4v) is 2.35. The molecular formula is C14H18N4O. The Morgan fingerprint density at radius 1 is 1.11 bits per heavy atom. The van der Waals surface area contributed by atoms with Crippen LogP contribution in [-0.2, 0) is 6.54 Å². The number of aromatic nitrogens is 2. The Morgan fingerprint density at radius 3 is 2.47 bits per heavy atom. The molecule has 5 nitrogen and oxygen atoms in total. The van der Waals surface area contributed by atoms with Crippen LogP contribution in [0, 0.1) is 6.92 Å². The largest absolute Gasteiger partial charge is 0.324 e. The monoisotopic (exact) mass is 258 g/mol. The Bertz CT molecular complexity index is 517. The molecule has 0 radical (unpaired) electrons. The number of piperazine rings is 1. The highest BCUT2D eigenvalue weighted by Crippen LogP contribution is 2.14. The van der Waals surface area contributed by atoms with Gasteiger partial charge in [0, 0.05) is 32.7 Å². The van der Waals surface area contributed by atoms with E-state index in [0.717, 1.165) is 32.7 Å². The van der Waals surface area contributed by atoms with Gasteiger partial charge in [-0.3, -0.25) is 4.90 Å². The molecule has 0 N–H and O–H groups in total. The van der Waals surface area contributed by atoms with Gasteiger partial charge in [-0.2, -0.15) is 4.98 Å². The van der Waals surface area contributed by atoms with Crippen LogP contribution < -0.4 is 4.90 Å². The molecule has 1 saturated heterocycles. The quantitative estimate of drug-likeness (QED) is 0.838. The predicted molar refractivity (Wildman–Crippen MR) is 73.0 cm³/mol. The molecule has 0 unspecified atom stereocenters. The molecule has 0 aliphatic carbocycles. The first-order valence-electron chi connectivity index (χ1n) is 6.63. The van der Waals surface area contributed by atoms with Crippen LogP contribution in [0.3, 0.4) is 0 Å². The topological polar surface area (TPSA) is 45.4 Å². The maximum Gasteiger partial charge on any atom is 0.324 e. The molecule has 0 saturated carbocycles. The van der Waals surface area contributed by atoms with Crippen LogP contribution >= 0.6 is 0 Å². The van der Waals surface area contributed by atoms with E-state index in [1.165, 1.54) is 5.56 Å². The van der Waals surface area contributed by atoms with E-state index < -0.39 is 0 Å². The molecule has 1 aliphatic heterocycles. The molecule has 1 aromatic carbocycles. The van der Waals surface area contributed by atoms with E-state index in [2.05, 4.69) is 50.3 Å². The number of aryl methyl sites for hydroxylation is 1. The van der Waals surface area contributed by atoms with E-state index in [1.54, 1.807) is 0 Å². The van der Waals surface area contributed by atoms with E-state index in [0.29, 0.717) is 11.8 Å². The molecular weight excluding hydrogens is 240 g/mol. The maximum atomic E-state index is 5.20. The first-order chi connectivity index (χ1) is 9.31. The lowest BCUT2D eigenvalue weighted by Gasteiger charge is -2.33. The number of nitrogens with zero attached hydrogens (tertiary/aromatic N) is 4. The van der Waals surface area contributed by atoms with Crippen molar-refractivity contribution in [2.75, 3.05) is 31.1 Å². The van der Waals surface area contributed by atoms with Gasteiger partial charge in [0.15, 0.2) is 5.82 Å². The molecule has 0 bridgehead atoms. The van der Waals surface area contributed by atoms with Crippen LogP contribution in [0.5, 0.6) is 0 Å². The van der Waals surface area contributed by atoms with Gasteiger partial charge in [0.1, 0.15) is 0 Å². The SMILES string of the molecule is Cc1noc(N2CCN(Cc3ccccc3)CC2)n1. The minimum Gasteiger partial charge on any atom is -0.322 e. The second-order valence-electron chi connectivity index (χ2n) is 4.87. The molecule has 1 aromatic heterocycles. The van der Waals surface area contributed by atoms with Crippen LogP contribution in [-0.4, -0.2) is 41.2 Å². The van der Waals surface area contributed by atoms with Crippen LogP contribution in [0.2, 0.25) is 0 Å². The molecule has 1 fully saturated rings. The predicted octanol–water partition coefficient (Wildman–Crippen LogP) is 1.70. The Hall–Kier alpha value is -1.88. The summed E-state index contributed by atoms with van der Waals surface area (Å²) in [6, 6.07) is 11.2. The summed E-state index contributed by atoms with van der Waals surface area (Å²) in [7, 11) is 0. The van der Waals surface area contributed by atoms with Gasteiger partial charge in [-0.15, -0.1) is 0 Å². The van der Waals surface area contributed by atoms with Crippen molar-refractivity contribution in [1.29, 1.82) is 0 Å². The zero-order valence-corrected chi connectivity index (χ0v) is 11.1. The van der Waals surface area contributed by atoms with Crippen molar-refractivity contribution >= 4 is 6.01 Å². The Kier molecular flexibility index (Phi) is 3.46. The van der Waals surface area contributed by atoms with Gasteiger partial charge >= 0.3 is 6.01 Å². The maximum absolute atomic E-state index is 5.20. The van der Waals surface area contributed by atoms with E-state index >= 15 is 0 Å². The van der Waals surface area contributed by atoms with Gasteiger partial charge in [-0.1, -0.05) is 35.5 Å². The van der Waals surface area contributed by atoms with Crippen molar-refractivity contribution in [3.05, 3.63) is 41.7 Å². The van der Waals surface area contributed by atoms with Gasteiger partial charge in [0.2, 0.25) is 0 Å². The first-order valence-corrected chi connectivity index (χ1v) is 6.63. The molecule has 1 aliphatic rings. The normalized spacial score (nSPS) is 16.8. The van der Waals surface area contributed by atoms with Gasteiger partial charge < -0.3 is 9.42 Å². The first kappa shape index (κ1) is 12.2. The third kappa shape index (κ3) is 2.93. The summed E-state index contributed by atoms with van der Waals surface area (Å²) in [4.78, 5) is 8.88. The number of benzene rings is 1. The fraction of sp³-hybridized carbons (Fsp3) is 0.429. The van der Waals surface area contributed by atoms with Gasteiger partial charge in [-0.25, -0.2) is 0 Å². The van der Waals surface area contributed by atoms with Crippen molar-refractivity contribution in [2.45, 2.75) is 13.5 Å². The van der Waals surface area contributed by atoms with E-state index in [4.69, 9.17) is 4.52 Å². The van der Waals surface area contributed by atoms with Crippen molar-refractivity contribution in [2.24, 2.45) is 0 Å². The molecule has 3 rings (SSSR count). The summed E-state index contributed by atoms with van der Waals surface area (Å²) < 4.78 is 5.20. The average molecular weight is 258 g/mol. The summed E-state index contributed by atoms with van der Waals surface area (Å²) in [6.07, 6.45) is 0. The van der Waals surface area contributed by atoms with Gasteiger partial charge in [-0.05, 0) is 12.5 Å². The highest BCUT2D eigenvalue weighted by atomic mass is 16.5. The molecule has 2 aromatic rings. The molecule has 0 amide bonds. The van der Waals surface area contributed by atoms with Gasteiger partial charge in [0.05, 0.1) is 0 Å². The number of hydrogen-bond acceptors (Lipinski definition) is 5. The highest BCUT2D eigenvalue weighted by Gasteiger charge is 2.20. The van der Waals surface area contributed by atoms with Crippen molar-refractivity contribution in [3.8, 4) is 0 Å². The third-order valence-corrected chi connectivity index (χ3v) is 3.41. The molecule has 100 valence electrons. The average Bonchev–Trinajstić information content (AvgIpc) is 2.87. The summed E-state index contributed by atoms with van der Waals surface area (Å²) in [5, 5.41) is 3.84. The lowest BCUT2D eigenvalue weighted by molar-refractivity contribution is 0.242. The summed E-state index contributed by atoms with van der Waals surface area (Å²) in [5.41, 5.74) is 1.37. The van der Waals surface area contributed by atoms with E-state index in [9.17, 15) is 0 Å². The lowest BCUT2D eigenvalue weighted by atomic mass is 10.2. The van der Waals surface area contributed by atoms with E-state index in [1.807, 2.05) is 6.92 Å². The van der Waals surface area contributed by atoms with Crippen LogP contribution in [0.15, 0.2) is 34.9 Å². The molecule has 0 atom stereocenters. The second kappa shape index (κ2) is 5.40. The zero-order chi connectivity index (χ0) is 13.1. The summed E-state index contributed by atoms with van der Waals surface area (Å²) in [5.74, 6) is 0.696. The second-order valence-corrected chi connectivity index (χ2v) is 4.87. The van der Waals surface area contributed by atoms with Crippen LogP contribution in [0.1, 0.15) is 11.4 Å². The van der Waals surface area contributed by atoms with Crippen LogP contribution in [0.25, 0.3) is 0 Å². The summed E-state index contributed by atoms with van der Waals surface area (Å²) in [6.45, 7) is 6.78. The highest BCUT2D eigenvalue weighted by molar-refractivity contribution is 5.26. The number of hydrogen-bond donors (Lipinski definition) is 0. The minimum absolute atomic E-state index is 0.650. The number of anilines is 1. The Morgan fingerprint density at radius 2 is 1.84 bits per heavy atom. The molecule has 5 heteroatoms. The standard InChI is InChI=1S/C14H18N4O/c1-12-15-14(19-16-12)18-9-7-17(8-10-18)11-13-5-3-2-4-6-13/h2-6H,7-11H2,1H3.